The summed E-state index contributed by atoms with van der Waals surface area (Å²) in [7, 11) is 0. The monoisotopic (exact) mass is 466 g/mol. The van der Waals surface area contributed by atoms with E-state index in [-0.39, 0.29) is 18.2 Å². The molecular weight excluding hydrogens is 436 g/mol. The Morgan fingerprint density at radius 3 is 2.74 bits per heavy atom. The zero-order chi connectivity index (χ0) is 24.2. The summed E-state index contributed by atoms with van der Waals surface area (Å²) in [6.45, 7) is 6.19. The van der Waals surface area contributed by atoms with Gasteiger partial charge in [-0.3, -0.25) is 19.7 Å². The highest BCUT2D eigenvalue weighted by atomic mass is 16.1. The third-order valence-corrected chi connectivity index (χ3v) is 6.35. The molecule has 35 heavy (non-hydrogen) atoms. The van der Waals surface area contributed by atoms with Gasteiger partial charge in [-0.1, -0.05) is 18.2 Å². The molecular formula is C28H30N6O. The van der Waals surface area contributed by atoms with E-state index in [2.05, 4.69) is 56.5 Å². The van der Waals surface area contributed by atoms with Gasteiger partial charge < -0.3 is 10.6 Å². The number of carbonyl (C=O) groups excluding carboxylic acids is 1. The van der Waals surface area contributed by atoms with Crippen molar-refractivity contribution in [1.29, 1.82) is 0 Å². The van der Waals surface area contributed by atoms with E-state index < -0.39 is 0 Å². The molecule has 178 valence electrons. The number of Topliss-reactive ketones (excluding diaryl/α,β-unsaturated/α-hetero) is 1. The number of pyridine rings is 2. The Hall–Kier alpha value is -3.71. The van der Waals surface area contributed by atoms with Crippen LogP contribution < -0.4 is 10.6 Å². The van der Waals surface area contributed by atoms with E-state index in [1.54, 1.807) is 24.8 Å². The Morgan fingerprint density at radius 2 is 1.91 bits per heavy atom. The molecule has 1 aromatic carbocycles. The molecule has 1 fully saturated rings. The van der Waals surface area contributed by atoms with Crippen molar-refractivity contribution in [2.24, 2.45) is 0 Å². The van der Waals surface area contributed by atoms with E-state index in [9.17, 15) is 4.79 Å². The maximum atomic E-state index is 13.1. The van der Waals surface area contributed by atoms with Crippen LogP contribution in [0.25, 0.3) is 22.2 Å². The molecule has 7 nitrogen and oxygen atoms in total. The molecule has 0 unspecified atom stereocenters. The summed E-state index contributed by atoms with van der Waals surface area (Å²) in [5, 5.41) is 7.60. The van der Waals surface area contributed by atoms with Gasteiger partial charge in [0.15, 0.2) is 5.78 Å². The van der Waals surface area contributed by atoms with Crippen molar-refractivity contribution in [3.8, 4) is 11.3 Å². The lowest BCUT2D eigenvalue weighted by Gasteiger charge is -2.23. The molecule has 3 aromatic heterocycles. The lowest BCUT2D eigenvalue weighted by molar-refractivity contribution is 0.0992. The first-order chi connectivity index (χ1) is 17.0. The Bertz CT molecular complexity index is 1350. The quantitative estimate of drug-likeness (QED) is 0.378. The minimum Gasteiger partial charge on any atom is -0.367 e. The second kappa shape index (κ2) is 10.3. The Morgan fingerprint density at radius 1 is 1.06 bits per heavy atom. The van der Waals surface area contributed by atoms with Gasteiger partial charge in [0.25, 0.3) is 0 Å². The van der Waals surface area contributed by atoms with Crippen LogP contribution in [0.5, 0.6) is 0 Å². The number of piperidine rings is 1. The summed E-state index contributed by atoms with van der Waals surface area (Å²) >= 11 is 0. The largest absolute Gasteiger partial charge is 0.367 e. The summed E-state index contributed by atoms with van der Waals surface area (Å²) in [6.07, 6.45) is 9.44. The van der Waals surface area contributed by atoms with E-state index >= 15 is 0 Å². The van der Waals surface area contributed by atoms with Crippen LogP contribution in [0.15, 0.2) is 61.2 Å². The molecule has 0 radical (unpaired) electrons. The van der Waals surface area contributed by atoms with Crippen LogP contribution in [0, 0.1) is 0 Å². The van der Waals surface area contributed by atoms with Gasteiger partial charge in [-0.15, -0.1) is 0 Å². The second-order valence-electron chi connectivity index (χ2n) is 9.43. The van der Waals surface area contributed by atoms with Gasteiger partial charge in [0.1, 0.15) is 5.82 Å². The number of aromatic nitrogens is 4. The molecule has 7 heteroatoms. The zero-order valence-electron chi connectivity index (χ0n) is 20.2. The highest BCUT2D eigenvalue weighted by Crippen LogP contribution is 2.26. The maximum Gasteiger partial charge on any atom is 0.168 e. The normalized spacial score (nSPS) is 14.4. The standard InChI is InChI=1S/C28H30N6O/c1-18(2)33-28-17-30-15-26(34-28)23-11-22-12-24(31-16-25(22)32-14-23)13-27(35)21-5-3-4-20(10-21)19-6-8-29-9-7-19/h3-5,10-12,14-19,29H,6-9,13H2,1-2H3,(H,33,34). The summed E-state index contributed by atoms with van der Waals surface area (Å²) < 4.78 is 0. The number of hydrogen-bond acceptors (Lipinski definition) is 7. The van der Waals surface area contributed by atoms with Crippen molar-refractivity contribution in [2.75, 3.05) is 18.4 Å². The molecule has 0 bridgehead atoms. The number of nitrogens with zero attached hydrogens (tertiary/aromatic N) is 4. The van der Waals surface area contributed by atoms with Crippen LogP contribution in [0.1, 0.15) is 54.2 Å². The molecule has 2 N–H and O–H groups in total. The minimum atomic E-state index is 0.0788. The average molecular weight is 467 g/mol. The Balaban J connectivity index is 1.36. The van der Waals surface area contributed by atoms with Crippen molar-refractivity contribution in [2.45, 2.75) is 45.1 Å². The first-order valence-corrected chi connectivity index (χ1v) is 12.2. The predicted molar refractivity (Wildman–Crippen MR) is 139 cm³/mol. The second-order valence-corrected chi connectivity index (χ2v) is 9.43. The molecule has 0 saturated carbocycles. The van der Waals surface area contributed by atoms with Crippen molar-refractivity contribution in [3.05, 3.63) is 78.0 Å². The van der Waals surface area contributed by atoms with Gasteiger partial charge in [-0.2, -0.15) is 0 Å². The third kappa shape index (κ3) is 5.52. The molecule has 0 aliphatic carbocycles. The number of anilines is 1. The van der Waals surface area contributed by atoms with Crippen LogP contribution in [-0.4, -0.2) is 44.9 Å². The Labute approximate surface area is 205 Å². The molecule has 1 saturated heterocycles. The molecule has 0 spiro atoms. The average Bonchev–Trinajstić information content (AvgIpc) is 2.88. The van der Waals surface area contributed by atoms with Crippen LogP contribution >= 0.6 is 0 Å². The number of nitrogens with one attached hydrogen (secondary N) is 2. The number of hydrogen-bond donors (Lipinski definition) is 2. The van der Waals surface area contributed by atoms with E-state index in [0.29, 0.717) is 5.92 Å². The predicted octanol–water partition coefficient (Wildman–Crippen LogP) is 4.80. The zero-order valence-corrected chi connectivity index (χ0v) is 20.2. The van der Waals surface area contributed by atoms with Gasteiger partial charge in [-0.25, -0.2) is 4.98 Å². The number of carbonyl (C=O) groups is 1. The maximum absolute atomic E-state index is 13.1. The van der Waals surface area contributed by atoms with E-state index in [1.807, 2.05) is 24.3 Å². The van der Waals surface area contributed by atoms with Gasteiger partial charge in [0.2, 0.25) is 0 Å². The number of ketones is 1. The molecule has 1 aliphatic rings. The lowest BCUT2D eigenvalue weighted by atomic mass is 9.88. The first kappa shape index (κ1) is 23.1. The lowest BCUT2D eigenvalue weighted by Crippen LogP contribution is -2.26. The minimum absolute atomic E-state index is 0.0788. The topological polar surface area (TPSA) is 92.7 Å². The van der Waals surface area contributed by atoms with E-state index in [1.165, 1.54) is 5.56 Å². The highest BCUT2D eigenvalue weighted by Gasteiger charge is 2.17. The fourth-order valence-corrected chi connectivity index (χ4v) is 4.57. The van der Waals surface area contributed by atoms with Gasteiger partial charge in [0, 0.05) is 34.4 Å². The van der Waals surface area contributed by atoms with Crippen molar-refractivity contribution < 1.29 is 4.79 Å². The molecule has 1 aliphatic heterocycles. The van der Waals surface area contributed by atoms with E-state index in [0.717, 1.165) is 65.2 Å². The molecule has 5 rings (SSSR count). The number of fused-ring (bicyclic) bond motifs is 1. The molecule has 0 atom stereocenters. The number of benzene rings is 1. The summed E-state index contributed by atoms with van der Waals surface area (Å²) in [5.74, 6) is 1.32. The van der Waals surface area contributed by atoms with Gasteiger partial charge in [-0.05, 0) is 69.5 Å². The summed E-state index contributed by atoms with van der Waals surface area (Å²) in [6, 6.07) is 12.4. The summed E-state index contributed by atoms with van der Waals surface area (Å²) in [5.41, 5.74) is 5.13. The first-order valence-electron chi connectivity index (χ1n) is 12.2. The van der Waals surface area contributed by atoms with Crippen molar-refractivity contribution in [3.63, 3.8) is 0 Å². The fourth-order valence-electron chi connectivity index (χ4n) is 4.57. The van der Waals surface area contributed by atoms with Crippen LogP contribution in [0.4, 0.5) is 5.82 Å². The van der Waals surface area contributed by atoms with Crippen LogP contribution in [0.2, 0.25) is 0 Å². The number of rotatable bonds is 7. The van der Waals surface area contributed by atoms with E-state index in [4.69, 9.17) is 0 Å². The third-order valence-electron chi connectivity index (χ3n) is 6.35. The van der Waals surface area contributed by atoms with Crippen LogP contribution in [-0.2, 0) is 6.42 Å². The SMILES string of the molecule is CC(C)Nc1cncc(-c2cnc3cnc(CC(=O)c4cccc(C5CCNCC5)c4)cc3c2)n1. The van der Waals surface area contributed by atoms with Crippen LogP contribution in [0.3, 0.4) is 0 Å². The summed E-state index contributed by atoms with van der Waals surface area (Å²) in [4.78, 5) is 31.1. The van der Waals surface area contributed by atoms with Gasteiger partial charge in [0.05, 0.1) is 36.2 Å². The molecule has 4 heterocycles. The highest BCUT2D eigenvalue weighted by molar-refractivity contribution is 5.98. The Kier molecular flexibility index (Phi) is 6.77. The smallest absolute Gasteiger partial charge is 0.168 e. The molecule has 0 amide bonds. The fraction of sp³-hybridized carbons (Fsp3) is 0.321. The van der Waals surface area contributed by atoms with Crippen molar-refractivity contribution >= 4 is 22.5 Å². The van der Waals surface area contributed by atoms with Crippen molar-refractivity contribution in [1.82, 2.24) is 25.3 Å². The van der Waals surface area contributed by atoms with Gasteiger partial charge >= 0.3 is 0 Å². The molecule has 4 aromatic rings.